The van der Waals surface area contributed by atoms with Crippen LogP contribution in [0.4, 0.5) is 5.82 Å². The normalized spacial score (nSPS) is 20.2. The van der Waals surface area contributed by atoms with Gasteiger partial charge in [-0.1, -0.05) is 24.3 Å². The number of anilines is 1. The Kier molecular flexibility index (Phi) is 4.18. The molecular weight excluding hydrogens is 296 g/mol. The maximum atomic E-state index is 12.3. The number of hydrazine groups is 1. The Bertz CT molecular complexity index is 770. The fourth-order valence-corrected chi connectivity index (χ4v) is 2.69. The number of benzene rings is 1. The van der Waals surface area contributed by atoms with Gasteiger partial charge in [0.15, 0.2) is 5.82 Å². The van der Waals surface area contributed by atoms with E-state index in [4.69, 9.17) is 0 Å². The Balaban J connectivity index is 1.73. The second-order valence-electron chi connectivity index (χ2n) is 5.35. The lowest BCUT2D eigenvalue weighted by Crippen LogP contribution is -2.41. The SMILES string of the molecule is O=C(NNc1ncnc2ccccc12)[C@H]1CC=CC[C@H]1C(=O)O. The van der Waals surface area contributed by atoms with Crippen molar-refractivity contribution in [3.63, 3.8) is 0 Å². The van der Waals surface area contributed by atoms with Crippen LogP contribution in [-0.4, -0.2) is 27.0 Å². The van der Waals surface area contributed by atoms with Crippen LogP contribution in [0.5, 0.6) is 0 Å². The van der Waals surface area contributed by atoms with Crippen LogP contribution in [0.1, 0.15) is 12.8 Å². The average Bonchev–Trinajstić information content (AvgIpc) is 2.59. The highest BCUT2D eigenvalue weighted by atomic mass is 16.4. The molecule has 0 saturated carbocycles. The summed E-state index contributed by atoms with van der Waals surface area (Å²) in [6, 6.07) is 7.40. The van der Waals surface area contributed by atoms with E-state index < -0.39 is 17.8 Å². The lowest BCUT2D eigenvalue weighted by molar-refractivity contribution is -0.147. The molecule has 0 fully saturated rings. The van der Waals surface area contributed by atoms with E-state index in [1.54, 1.807) is 6.08 Å². The second-order valence-corrected chi connectivity index (χ2v) is 5.35. The van der Waals surface area contributed by atoms with Crippen molar-refractivity contribution in [3.8, 4) is 0 Å². The van der Waals surface area contributed by atoms with E-state index in [0.717, 1.165) is 10.9 Å². The van der Waals surface area contributed by atoms with Crippen LogP contribution in [-0.2, 0) is 9.59 Å². The van der Waals surface area contributed by atoms with Gasteiger partial charge in [-0.05, 0) is 25.0 Å². The molecule has 118 valence electrons. The van der Waals surface area contributed by atoms with E-state index in [1.165, 1.54) is 6.33 Å². The number of allylic oxidation sites excluding steroid dienone is 2. The monoisotopic (exact) mass is 312 g/mol. The first-order chi connectivity index (χ1) is 11.2. The highest BCUT2D eigenvalue weighted by molar-refractivity contribution is 5.90. The van der Waals surface area contributed by atoms with E-state index in [1.807, 2.05) is 30.3 Å². The van der Waals surface area contributed by atoms with Gasteiger partial charge in [0.1, 0.15) is 6.33 Å². The minimum atomic E-state index is -0.956. The number of fused-ring (bicyclic) bond motifs is 1. The molecule has 3 rings (SSSR count). The van der Waals surface area contributed by atoms with Crippen LogP contribution < -0.4 is 10.9 Å². The van der Waals surface area contributed by atoms with Crippen LogP contribution in [0.25, 0.3) is 10.9 Å². The molecule has 1 heterocycles. The molecule has 0 unspecified atom stereocenters. The highest BCUT2D eigenvalue weighted by Crippen LogP contribution is 2.26. The summed E-state index contributed by atoms with van der Waals surface area (Å²) < 4.78 is 0. The van der Waals surface area contributed by atoms with E-state index in [9.17, 15) is 14.7 Å². The summed E-state index contributed by atoms with van der Waals surface area (Å²) in [5.74, 6) is -2.14. The van der Waals surface area contributed by atoms with E-state index in [-0.39, 0.29) is 5.91 Å². The standard InChI is InChI=1S/C16H16N4O3/c21-15(10-5-1-2-6-11(10)16(22)23)20-19-14-12-7-3-4-8-13(12)17-9-18-14/h1-4,7-11H,5-6H2,(H,20,21)(H,22,23)(H,17,18,19)/t10-,11+/m0/s1. The fraction of sp³-hybridized carbons (Fsp3) is 0.250. The molecule has 2 atom stereocenters. The van der Waals surface area contributed by atoms with Crippen molar-refractivity contribution in [2.75, 3.05) is 5.43 Å². The van der Waals surface area contributed by atoms with Gasteiger partial charge < -0.3 is 5.11 Å². The van der Waals surface area contributed by atoms with Crippen LogP contribution in [0.15, 0.2) is 42.7 Å². The maximum Gasteiger partial charge on any atom is 0.307 e. The Hall–Kier alpha value is -2.96. The number of nitrogens with one attached hydrogen (secondary N) is 2. The number of aliphatic carboxylic acids is 1. The summed E-state index contributed by atoms with van der Waals surface area (Å²) in [4.78, 5) is 31.8. The first-order valence-electron chi connectivity index (χ1n) is 7.30. The predicted octanol–water partition coefficient (Wildman–Crippen LogP) is 1.74. The summed E-state index contributed by atoms with van der Waals surface area (Å²) in [6.45, 7) is 0. The quantitative estimate of drug-likeness (QED) is 0.587. The number of carboxylic acids is 1. The molecule has 1 aromatic heterocycles. The summed E-state index contributed by atoms with van der Waals surface area (Å²) in [5, 5.41) is 10.0. The van der Waals surface area contributed by atoms with Crippen molar-refractivity contribution in [1.29, 1.82) is 0 Å². The molecule has 2 aromatic rings. The summed E-state index contributed by atoms with van der Waals surface area (Å²) in [5.41, 5.74) is 6.10. The van der Waals surface area contributed by atoms with Crippen LogP contribution in [0, 0.1) is 11.8 Å². The van der Waals surface area contributed by atoms with Gasteiger partial charge in [0.25, 0.3) is 0 Å². The fourth-order valence-electron chi connectivity index (χ4n) is 2.69. The van der Waals surface area contributed by atoms with Gasteiger partial charge in [0.05, 0.1) is 17.4 Å². The maximum absolute atomic E-state index is 12.3. The number of carboxylic acid groups (broad SMARTS) is 1. The molecule has 1 amide bonds. The van der Waals surface area contributed by atoms with Crippen molar-refractivity contribution in [3.05, 3.63) is 42.7 Å². The van der Waals surface area contributed by atoms with Gasteiger partial charge in [0.2, 0.25) is 5.91 Å². The molecule has 1 aromatic carbocycles. The number of para-hydroxylation sites is 1. The highest BCUT2D eigenvalue weighted by Gasteiger charge is 2.33. The van der Waals surface area contributed by atoms with E-state index >= 15 is 0 Å². The molecule has 1 aliphatic rings. The van der Waals surface area contributed by atoms with Crippen molar-refractivity contribution in [2.24, 2.45) is 11.8 Å². The molecular formula is C16H16N4O3. The number of rotatable bonds is 4. The minimum absolute atomic E-state index is 0.357. The second kappa shape index (κ2) is 6.43. The van der Waals surface area contributed by atoms with E-state index in [0.29, 0.717) is 18.7 Å². The number of hydrogen-bond donors (Lipinski definition) is 3. The summed E-state index contributed by atoms with van der Waals surface area (Å²) in [7, 11) is 0. The molecule has 1 aliphatic carbocycles. The predicted molar refractivity (Wildman–Crippen MR) is 84.3 cm³/mol. The summed E-state index contributed by atoms with van der Waals surface area (Å²) in [6.07, 6.45) is 5.82. The Labute approximate surface area is 132 Å². The first-order valence-corrected chi connectivity index (χ1v) is 7.30. The molecule has 0 spiro atoms. The first kappa shape index (κ1) is 15.0. The molecule has 0 bridgehead atoms. The van der Waals surface area contributed by atoms with Crippen molar-refractivity contribution >= 4 is 28.6 Å². The topological polar surface area (TPSA) is 104 Å². The molecule has 0 radical (unpaired) electrons. The third-order valence-electron chi connectivity index (χ3n) is 3.93. The zero-order valence-corrected chi connectivity index (χ0v) is 12.3. The smallest absolute Gasteiger partial charge is 0.307 e. The third-order valence-corrected chi connectivity index (χ3v) is 3.93. The van der Waals surface area contributed by atoms with Crippen molar-refractivity contribution < 1.29 is 14.7 Å². The molecule has 7 heteroatoms. The number of carbonyl (C=O) groups excluding carboxylic acids is 1. The van der Waals surface area contributed by atoms with Gasteiger partial charge in [-0.3, -0.25) is 20.4 Å². The molecule has 0 aliphatic heterocycles. The number of carbonyl (C=O) groups is 2. The lowest BCUT2D eigenvalue weighted by atomic mass is 9.82. The number of aromatic nitrogens is 2. The Morgan fingerprint density at radius 3 is 2.61 bits per heavy atom. The van der Waals surface area contributed by atoms with Crippen LogP contribution >= 0.6 is 0 Å². The van der Waals surface area contributed by atoms with Gasteiger partial charge in [-0.25, -0.2) is 9.97 Å². The summed E-state index contributed by atoms with van der Waals surface area (Å²) >= 11 is 0. The molecule has 0 saturated heterocycles. The number of amides is 1. The van der Waals surface area contributed by atoms with Gasteiger partial charge in [0, 0.05) is 5.39 Å². The number of nitrogens with zero attached hydrogens (tertiary/aromatic N) is 2. The molecule has 3 N–H and O–H groups in total. The molecule has 7 nitrogen and oxygen atoms in total. The lowest BCUT2D eigenvalue weighted by Gasteiger charge is -2.24. The van der Waals surface area contributed by atoms with Gasteiger partial charge in [-0.15, -0.1) is 0 Å². The Morgan fingerprint density at radius 2 is 1.83 bits per heavy atom. The van der Waals surface area contributed by atoms with Crippen molar-refractivity contribution in [1.82, 2.24) is 15.4 Å². The largest absolute Gasteiger partial charge is 0.481 e. The third kappa shape index (κ3) is 3.13. The van der Waals surface area contributed by atoms with E-state index in [2.05, 4.69) is 20.8 Å². The average molecular weight is 312 g/mol. The van der Waals surface area contributed by atoms with Crippen LogP contribution in [0.3, 0.4) is 0 Å². The van der Waals surface area contributed by atoms with Crippen molar-refractivity contribution in [2.45, 2.75) is 12.8 Å². The van der Waals surface area contributed by atoms with Gasteiger partial charge in [-0.2, -0.15) is 0 Å². The zero-order valence-electron chi connectivity index (χ0n) is 12.3. The number of hydrogen-bond acceptors (Lipinski definition) is 5. The molecule has 23 heavy (non-hydrogen) atoms. The minimum Gasteiger partial charge on any atom is -0.481 e. The Morgan fingerprint density at radius 1 is 1.09 bits per heavy atom. The zero-order chi connectivity index (χ0) is 16.2. The van der Waals surface area contributed by atoms with Crippen LogP contribution in [0.2, 0.25) is 0 Å². The van der Waals surface area contributed by atoms with Gasteiger partial charge >= 0.3 is 5.97 Å².